The first-order valence-corrected chi connectivity index (χ1v) is 5.99. The van der Waals surface area contributed by atoms with Gasteiger partial charge < -0.3 is 4.74 Å². The topological polar surface area (TPSA) is 26.3 Å². The van der Waals surface area contributed by atoms with Crippen LogP contribution in [0.2, 0.25) is 0 Å². The van der Waals surface area contributed by atoms with E-state index in [1.807, 2.05) is 0 Å². The zero-order valence-electron chi connectivity index (χ0n) is 11.0. The van der Waals surface area contributed by atoms with Gasteiger partial charge in [0.25, 0.3) is 0 Å². The van der Waals surface area contributed by atoms with Gasteiger partial charge in [0.15, 0.2) is 0 Å². The van der Waals surface area contributed by atoms with Crippen LogP contribution in [0.4, 0.5) is 0 Å². The lowest BCUT2D eigenvalue weighted by molar-refractivity contribution is -0.137. The summed E-state index contributed by atoms with van der Waals surface area (Å²) in [6.07, 6.45) is 2.37. The summed E-state index contributed by atoms with van der Waals surface area (Å²) >= 11 is 0. The molecule has 0 fully saturated rings. The van der Waals surface area contributed by atoms with E-state index in [1.165, 1.54) is 12.0 Å². The van der Waals surface area contributed by atoms with Gasteiger partial charge in [0.1, 0.15) is 0 Å². The number of carbonyl (C=O) groups is 1. The van der Waals surface area contributed by atoms with Crippen molar-refractivity contribution in [1.29, 1.82) is 0 Å². The summed E-state index contributed by atoms with van der Waals surface area (Å²) in [7, 11) is 0. The quantitative estimate of drug-likeness (QED) is 0.582. The summed E-state index contributed by atoms with van der Waals surface area (Å²) < 4.78 is 4.43. The Morgan fingerprint density at radius 2 is 1.94 bits per heavy atom. The van der Waals surface area contributed by atoms with E-state index in [0.717, 1.165) is 6.08 Å². The van der Waals surface area contributed by atoms with E-state index in [1.54, 1.807) is 6.92 Å². The molecule has 1 unspecified atom stereocenters. The van der Waals surface area contributed by atoms with Crippen molar-refractivity contribution >= 4 is 5.97 Å². The molecule has 0 aliphatic rings. The first kappa shape index (κ1) is 15.4. The Hall–Kier alpha value is -1.57. The fourth-order valence-corrected chi connectivity index (χ4v) is 1.22. The van der Waals surface area contributed by atoms with E-state index in [4.69, 9.17) is 0 Å². The van der Waals surface area contributed by atoms with Crippen molar-refractivity contribution in [2.75, 3.05) is 6.61 Å². The lowest BCUT2D eigenvalue weighted by Gasteiger charge is -2.06. The molecule has 0 bridgehead atoms. The monoisotopic (exact) mass is 234 g/mol. The van der Waals surface area contributed by atoms with Gasteiger partial charge in [-0.15, -0.1) is 0 Å². The van der Waals surface area contributed by atoms with Gasteiger partial charge in [-0.2, -0.15) is 0 Å². The lowest BCUT2D eigenvalue weighted by atomic mass is 9.99. The van der Waals surface area contributed by atoms with Gasteiger partial charge in [0, 0.05) is 6.08 Å². The summed E-state index contributed by atoms with van der Waals surface area (Å²) in [5.74, 6) is 0.351. The van der Waals surface area contributed by atoms with E-state index in [-0.39, 0.29) is 5.97 Å². The molecule has 2 heteroatoms. The number of benzene rings is 1. The Bertz CT molecular complexity index is 317. The van der Waals surface area contributed by atoms with Crippen molar-refractivity contribution in [3.05, 3.63) is 48.6 Å². The van der Waals surface area contributed by atoms with Crippen molar-refractivity contribution in [3.63, 3.8) is 0 Å². The smallest absolute Gasteiger partial charge is 0.330 e. The molecule has 2 nitrogen and oxygen atoms in total. The second-order valence-corrected chi connectivity index (χ2v) is 3.68. The zero-order chi connectivity index (χ0) is 13.1. The van der Waals surface area contributed by atoms with Crippen LogP contribution in [0.5, 0.6) is 0 Å². The minimum absolute atomic E-state index is 0.359. The second-order valence-electron chi connectivity index (χ2n) is 3.68. The number of hydrogen-bond acceptors (Lipinski definition) is 2. The number of ether oxygens (including phenoxy) is 1. The van der Waals surface area contributed by atoms with E-state index in [2.05, 4.69) is 55.5 Å². The molecule has 0 saturated carbocycles. The molecular formula is C15H22O2. The number of esters is 1. The van der Waals surface area contributed by atoms with E-state index >= 15 is 0 Å². The van der Waals surface area contributed by atoms with E-state index in [0.29, 0.717) is 12.5 Å². The third-order valence-electron chi connectivity index (χ3n) is 2.43. The molecule has 0 N–H and O–H groups in total. The minimum atomic E-state index is -0.359. The summed E-state index contributed by atoms with van der Waals surface area (Å²) in [6, 6.07) is 10.6. The van der Waals surface area contributed by atoms with Gasteiger partial charge in [-0.1, -0.05) is 50.8 Å². The molecule has 0 aliphatic carbocycles. The third-order valence-corrected chi connectivity index (χ3v) is 2.43. The van der Waals surface area contributed by atoms with Crippen LogP contribution in [0.25, 0.3) is 0 Å². The zero-order valence-corrected chi connectivity index (χ0v) is 11.0. The molecule has 1 atom stereocenters. The van der Waals surface area contributed by atoms with Gasteiger partial charge >= 0.3 is 5.97 Å². The number of carbonyl (C=O) groups excluding carboxylic acids is 1. The largest absolute Gasteiger partial charge is 0.463 e. The van der Waals surface area contributed by atoms with Gasteiger partial charge in [0.2, 0.25) is 0 Å². The van der Waals surface area contributed by atoms with Crippen LogP contribution < -0.4 is 0 Å². The molecule has 17 heavy (non-hydrogen) atoms. The average molecular weight is 234 g/mol. The van der Waals surface area contributed by atoms with Crippen LogP contribution in [0.1, 0.15) is 38.7 Å². The fourth-order valence-electron chi connectivity index (χ4n) is 1.22. The van der Waals surface area contributed by atoms with Crippen LogP contribution in [-0.2, 0) is 9.53 Å². The maximum absolute atomic E-state index is 10.1. The molecule has 0 heterocycles. The minimum Gasteiger partial charge on any atom is -0.463 e. The standard InChI is InChI=1S/C10H14.C5H8O2/c1-3-9(2)10-7-5-4-6-8-10;1-3-5(6)7-4-2/h4-9H,3H2,1-2H3;3H,1,4H2,2H3. The molecule has 94 valence electrons. The first-order valence-electron chi connectivity index (χ1n) is 5.99. The highest BCUT2D eigenvalue weighted by Crippen LogP contribution is 2.16. The molecule has 1 aromatic rings. The predicted molar refractivity (Wildman–Crippen MR) is 72.0 cm³/mol. The van der Waals surface area contributed by atoms with Crippen molar-refractivity contribution < 1.29 is 9.53 Å². The molecule has 0 radical (unpaired) electrons. The van der Waals surface area contributed by atoms with E-state index < -0.39 is 0 Å². The number of rotatable bonds is 4. The highest BCUT2D eigenvalue weighted by molar-refractivity contribution is 5.81. The molecule has 0 saturated heterocycles. The predicted octanol–water partition coefficient (Wildman–Crippen LogP) is 3.94. The molecule has 0 aliphatic heterocycles. The van der Waals surface area contributed by atoms with Crippen molar-refractivity contribution in [3.8, 4) is 0 Å². The van der Waals surface area contributed by atoms with Gasteiger partial charge in [-0.05, 0) is 24.8 Å². The van der Waals surface area contributed by atoms with Crippen molar-refractivity contribution in [1.82, 2.24) is 0 Å². The SMILES string of the molecule is C=CC(=O)OCC.CCC(C)c1ccccc1. The Balaban J connectivity index is 0.000000325. The summed E-state index contributed by atoms with van der Waals surface area (Å²) in [6.45, 7) is 9.86. The molecule has 0 aromatic heterocycles. The summed E-state index contributed by atoms with van der Waals surface area (Å²) in [4.78, 5) is 10.1. The van der Waals surface area contributed by atoms with Crippen LogP contribution >= 0.6 is 0 Å². The van der Waals surface area contributed by atoms with Crippen LogP contribution in [0, 0.1) is 0 Å². The van der Waals surface area contributed by atoms with Crippen molar-refractivity contribution in [2.45, 2.75) is 33.1 Å². The summed E-state index contributed by atoms with van der Waals surface area (Å²) in [5, 5.41) is 0. The maximum atomic E-state index is 10.1. The molecular weight excluding hydrogens is 212 g/mol. The second kappa shape index (κ2) is 9.64. The summed E-state index contributed by atoms with van der Waals surface area (Å²) in [5.41, 5.74) is 1.45. The Labute approximate surface area is 104 Å². The van der Waals surface area contributed by atoms with E-state index in [9.17, 15) is 4.79 Å². The highest BCUT2D eigenvalue weighted by atomic mass is 16.5. The van der Waals surface area contributed by atoms with Gasteiger partial charge in [-0.3, -0.25) is 0 Å². The Morgan fingerprint density at radius 1 is 1.35 bits per heavy atom. The number of hydrogen-bond donors (Lipinski definition) is 0. The average Bonchev–Trinajstić information content (AvgIpc) is 2.39. The third kappa shape index (κ3) is 7.34. The van der Waals surface area contributed by atoms with Crippen LogP contribution in [-0.4, -0.2) is 12.6 Å². The lowest BCUT2D eigenvalue weighted by Crippen LogP contribution is -1.97. The molecule has 1 aromatic carbocycles. The highest BCUT2D eigenvalue weighted by Gasteiger charge is 1.98. The van der Waals surface area contributed by atoms with Gasteiger partial charge in [-0.25, -0.2) is 4.79 Å². The van der Waals surface area contributed by atoms with Crippen LogP contribution in [0.3, 0.4) is 0 Å². The fraction of sp³-hybridized carbons (Fsp3) is 0.400. The molecule has 1 rings (SSSR count). The van der Waals surface area contributed by atoms with Crippen molar-refractivity contribution in [2.24, 2.45) is 0 Å². The normalized spacial score (nSPS) is 10.8. The van der Waals surface area contributed by atoms with Crippen LogP contribution in [0.15, 0.2) is 43.0 Å². The molecule has 0 spiro atoms. The van der Waals surface area contributed by atoms with Gasteiger partial charge in [0.05, 0.1) is 6.61 Å². The molecule has 0 amide bonds. The maximum Gasteiger partial charge on any atom is 0.330 e. The Kier molecular flexibility index (Phi) is 8.75. The Morgan fingerprint density at radius 3 is 2.29 bits per heavy atom. The first-order chi connectivity index (χ1) is 8.15.